The molecule has 136 valence electrons. The van der Waals surface area contributed by atoms with Crippen LogP contribution < -0.4 is 10.6 Å². The molecule has 1 atom stereocenters. The van der Waals surface area contributed by atoms with Gasteiger partial charge in [-0.1, -0.05) is 6.92 Å². The molecule has 8 heteroatoms. The highest BCUT2D eigenvalue weighted by molar-refractivity contribution is 7.91. The Morgan fingerprint density at radius 3 is 2.83 bits per heavy atom. The molecule has 1 fully saturated rings. The highest BCUT2D eigenvalue weighted by Gasteiger charge is 2.14. The molecule has 7 nitrogen and oxygen atoms in total. The van der Waals surface area contributed by atoms with Crippen LogP contribution in [0.3, 0.4) is 0 Å². The van der Waals surface area contributed by atoms with Crippen molar-refractivity contribution in [3.05, 3.63) is 0 Å². The maximum Gasteiger partial charge on any atom is 0.191 e. The average Bonchev–Trinajstić information content (AvgIpc) is 3.03. The van der Waals surface area contributed by atoms with Crippen molar-refractivity contribution in [3.63, 3.8) is 0 Å². The Labute approximate surface area is 140 Å². The number of nitrogens with zero attached hydrogens (tertiary/aromatic N) is 1. The number of nitrogens with one attached hydrogen (secondary N) is 2. The summed E-state index contributed by atoms with van der Waals surface area (Å²) >= 11 is 0. The summed E-state index contributed by atoms with van der Waals surface area (Å²) in [5, 5.41) is 6.15. The zero-order valence-corrected chi connectivity index (χ0v) is 15.2. The van der Waals surface area contributed by atoms with Crippen LogP contribution in [0.5, 0.6) is 0 Å². The fourth-order valence-electron chi connectivity index (χ4n) is 2.16. The third kappa shape index (κ3) is 9.78. The van der Waals surface area contributed by atoms with Crippen molar-refractivity contribution < 1.29 is 17.9 Å². The monoisotopic (exact) mass is 349 g/mol. The van der Waals surface area contributed by atoms with Crippen LogP contribution in [0.4, 0.5) is 0 Å². The zero-order valence-electron chi connectivity index (χ0n) is 14.3. The van der Waals surface area contributed by atoms with Crippen LogP contribution in [0.15, 0.2) is 4.99 Å². The number of sulfone groups is 1. The molecular weight excluding hydrogens is 318 g/mol. The molecule has 0 amide bonds. The minimum absolute atomic E-state index is 0.123. The molecule has 0 aliphatic carbocycles. The van der Waals surface area contributed by atoms with E-state index in [2.05, 4.69) is 15.6 Å². The molecule has 0 spiro atoms. The second kappa shape index (κ2) is 11.6. The second-order valence-electron chi connectivity index (χ2n) is 5.49. The van der Waals surface area contributed by atoms with Crippen molar-refractivity contribution in [3.8, 4) is 0 Å². The molecule has 0 bridgehead atoms. The topological polar surface area (TPSA) is 89.0 Å². The first kappa shape index (κ1) is 20.2. The molecule has 0 aromatic rings. The van der Waals surface area contributed by atoms with Crippen LogP contribution in [-0.2, 0) is 19.3 Å². The standard InChI is InChI=1S/C15H31N3O4S/c1-3-16-15(18-9-12-23(19,20)4-2)17-8-6-10-21-13-14-7-5-11-22-14/h14H,3-13H2,1-2H3,(H2,16,17,18). The maximum atomic E-state index is 11.5. The summed E-state index contributed by atoms with van der Waals surface area (Å²) in [4.78, 5) is 4.42. The fourth-order valence-corrected chi connectivity index (χ4v) is 2.86. The second-order valence-corrected chi connectivity index (χ2v) is 7.96. The predicted octanol–water partition coefficient (Wildman–Crippen LogP) is 0.562. The summed E-state index contributed by atoms with van der Waals surface area (Å²) in [6.45, 7) is 7.56. The first-order chi connectivity index (χ1) is 11.1. The van der Waals surface area contributed by atoms with Crippen molar-refractivity contribution >= 4 is 15.8 Å². The number of hydrogen-bond donors (Lipinski definition) is 2. The molecule has 0 saturated carbocycles. The lowest BCUT2D eigenvalue weighted by Crippen LogP contribution is -2.39. The van der Waals surface area contributed by atoms with E-state index in [4.69, 9.17) is 9.47 Å². The third-order valence-corrected chi connectivity index (χ3v) is 5.24. The van der Waals surface area contributed by atoms with Gasteiger partial charge in [0.2, 0.25) is 0 Å². The van der Waals surface area contributed by atoms with Gasteiger partial charge in [-0.25, -0.2) is 8.42 Å². The van der Waals surface area contributed by atoms with Gasteiger partial charge < -0.3 is 20.1 Å². The molecule has 1 rings (SSSR count). The van der Waals surface area contributed by atoms with Crippen molar-refractivity contribution in [2.45, 2.75) is 39.2 Å². The van der Waals surface area contributed by atoms with Crippen molar-refractivity contribution in [2.75, 3.05) is 51.0 Å². The number of hydrogen-bond acceptors (Lipinski definition) is 5. The van der Waals surface area contributed by atoms with Crippen LogP contribution in [-0.4, -0.2) is 71.4 Å². The Kier molecular flexibility index (Phi) is 10.2. The van der Waals surface area contributed by atoms with Gasteiger partial charge in [0.25, 0.3) is 0 Å². The van der Waals surface area contributed by atoms with Crippen molar-refractivity contribution in [1.29, 1.82) is 0 Å². The van der Waals surface area contributed by atoms with Crippen LogP contribution in [0.2, 0.25) is 0 Å². The number of aliphatic imine (C=N–C) groups is 1. The van der Waals surface area contributed by atoms with Crippen LogP contribution in [0, 0.1) is 0 Å². The summed E-state index contributed by atoms with van der Waals surface area (Å²) in [6, 6.07) is 0. The van der Waals surface area contributed by atoms with E-state index in [1.807, 2.05) is 6.92 Å². The first-order valence-corrected chi connectivity index (χ1v) is 10.3. The first-order valence-electron chi connectivity index (χ1n) is 8.49. The maximum absolute atomic E-state index is 11.5. The zero-order chi connectivity index (χ0) is 17.0. The molecule has 1 aliphatic rings. The Hall–Kier alpha value is -0.860. The van der Waals surface area contributed by atoms with Gasteiger partial charge in [0.1, 0.15) is 0 Å². The molecule has 1 heterocycles. The summed E-state index contributed by atoms with van der Waals surface area (Å²) in [5.74, 6) is 0.945. The molecule has 1 aliphatic heterocycles. The van der Waals surface area contributed by atoms with Gasteiger partial charge in [-0.15, -0.1) is 0 Å². The lowest BCUT2D eigenvalue weighted by atomic mass is 10.2. The lowest BCUT2D eigenvalue weighted by Gasteiger charge is -2.12. The predicted molar refractivity (Wildman–Crippen MR) is 92.7 cm³/mol. The van der Waals surface area contributed by atoms with Gasteiger partial charge in [0.05, 0.1) is 18.5 Å². The van der Waals surface area contributed by atoms with Crippen molar-refractivity contribution in [1.82, 2.24) is 10.6 Å². The van der Waals surface area contributed by atoms with E-state index >= 15 is 0 Å². The highest BCUT2D eigenvalue weighted by atomic mass is 32.2. The van der Waals surface area contributed by atoms with Gasteiger partial charge in [-0.3, -0.25) is 4.99 Å². The van der Waals surface area contributed by atoms with Gasteiger partial charge >= 0.3 is 0 Å². The van der Waals surface area contributed by atoms with Crippen LogP contribution in [0.1, 0.15) is 33.1 Å². The summed E-state index contributed by atoms with van der Waals surface area (Å²) in [5.41, 5.74) is 0. The minimum Gasteiger partial charge on any atom is -0.379 e. The lowest BCUT2D eigenvalue weighted by molar-refractivity contribution is 0.0171. The highest BCUT2D eigenvalue weighted by Crippen LogP contribution is 2.11. The van der Waals surface area contributed by atoms with Crippen molar-refractivity contribution in [2.24, 2.45) is 4.99 Å². The van der Waals surface area contributed by atoms with E-state index in [-0.39, 0.29) is 17.6 Å². The van der Waals surface area contributed by atoms with Gasteiger partial charge in [-0.2, -0.15) is 0 Å². The summed E-state index contributed by atoms with van der Waals surface area (Å²) in [7, 11) is -2.95. The van der Waals surface area contributed by atoms with Crippen LogP contribution >= 0.6 is 0 Å². The van der Waals surface area contributed by atoms with E-state index in [9.17, 15) is 8.42 Å². The number of rotatable bonds is 11. The molecule has 1 unspecified atom stereocenters. The van der Waals surface area contributed by atoms with E-state index in [0.29, 0.717) is 32.3 Å². The van der Waals surface area contributed by atoms with E-state index in [0.717, 1.165) is 32.4 Å². The van der Waals surface area contributed by atoms with Crippen LogP contribution in [0.25, 0.3) is 0 Å². The molecule has 0 aromatic carbocycles. The molecule has 2 N–H and O–H groups in total. The van der Waals surface area contributed by atoms with Gasteiger partial charge in [0.15, 0.2) is 15.8 Å². The fraction of sp³-hybridized carbons (Fsp3) is 0.933. The average molecular weight is 349 g/mol. The largest absolute Gasteiger partial charge is 0.379 e. The van der Waals surface area contributed by atoms with E-state index in [1.165, 1.54) is 0 Å². The molecule has 23 heavy (non-hydrogen) atoms. The van der Waals surface area contributed by atoms with Gasteiger partial charge in [0, 0.05) is 38.6 Å². The van der Waals surface area contributed by atoms with E-state index in [1.54, 1.807) is 6.92 Å². The number of guanidine groups is 1. The third-order valence-electron chi connectivity index (χ3n) is 3.53. The Balaban J connectivity index is 2.15. The molecule has 0 radical (unpaired) electrons. The smallest absolute Gasteiger partial charge is 0.191 e. The molecule has 0 aromatic heterocycles. The normalized spacial score (nSPS) is 19.0. The van der Waals surface area contributed by atoms with E-state index < -0.39 is 9.84 Å². The Bertz CT molecular complexity index is 434. The Morgan fingerprint density at radius 2 is 2.17 bits per heavy atom. The van der Waals surface area contributed by atoms with Gasteiger partial charge in [-0.05, 0) is 26.2 Å². The minimum atomic E-state index is -2.95. The quantitative estimate of drug-likeness (QED) is 0.322. The number of ether oxygens (including phenoxy) is 2. The summed E-state index contributed by atoms with van der Waals surface area (Å²) < 4.78 is 34.0. The molecule has 1 saturated heterocycles. The molecular formula is C15H31N3O4S. The summed E-state index contributed by atoms with van der Waals surface area (Å²) in [6.07, 6.45) is 3.31. The SMILES string of the molecule is CCNC(=NCCCOCC1CCCO1)NCCS(=O)(=O)CC. The Morgan fingerprint density at radius 1 is 1.35 bits per heavy atom.